The van der Waals surface area contributed by atoms with E-state index in [2.05, 4.69) is 10.2 Å². The van der Waals surface area contributed by atoms with E-state index in [1.165, 1.54) is 10.4 Å². The highest BCUT2D eigenvalue weighted by molar-refractivity contribution is 7.89. The molecule has 0 N–H and O–H groups in total. The van der Waals surface area contributed by atoms with Crippen LogP contribution in [0.1, 0.15) is 36.1 Å². The number of hydrogen-bond acceptors (Lipinski definition) is 5. The van der Waals surface area contributed by atoms with Crippen LogP contribution < -0.4 is 0 Å². The molecule has 6 nitrogen and oxygen atoms in total. The van der Waals surface area contributed by atoms with Gasteiger partial charge in [-0.15, -0.1) is 10.2 Å². The molecule has 11 heteroatoms. The van der Waals surface area contributed by atoms with Gasteiger partial charge in [0.25, 0.3) is 0 Å². The average Bonchev–Trinajstić information content (AvgIpc) is 3.08. The third-order valence-electron chi connectivity index (χ3n) is 4.32. The molecule has 26 heavy (non-hydrogen) atoms. The number of hydrogen-bond donors (Lipinski definition) is 0. The van der Waals surface area contributed by atoms with Crippen LogP contribution in [0.5, 0.6) is 0 Å². The third-order valence-corrected chi connectivity index (χ3v) is 6.77. The predicted octanol–water partition coefficient (Wildman–Crippen LogP) is 3.62. The smallest absolute Gasteiger partial charge is 0.417 e. The van der Waals surface area contributed by atoms with E-state index in [-0.39, 0.29) is 23.9 Å². The largest absolute Gasteiger partial charge is 0.470 e. The van der Waals surface area contributed by atoms with Gasteiger partial charge >= 0.3 is 12.1 Å². The van der Waals surface area contributed by atoms with Crippen LogP contribution in [-0.4, -0.2) is 36.0 Å². The zero-order valence-corrected chi connectivity index (χ0v) is 15.2. The SMILES string of the molecule is Cc1c(Cl)cccc1S(=O)(=O)N1CCC(c2nnc(C(F)(F)F)o2)CC1. The van der Waals surface area contributed by atoms with Gasteiger partial charge in [-0.1, -0.05) is 17.7 Å². The summed E-state index contributed by atoms with van der Waals surface area (Å²) in [5.41, 5.74) is 0.461. The molecule has 0 spiro atoms. The summed E-state index contributed by atoms with van der Waals surface area (Å²) in [6.07, 6.45) is -4.12. The first kappa shape index (κ1) is 19.1. The van der Waals surface area contributed by atoms with E-state index < -0.39 is 28.0 Å². The monoisotopic (exact) mass is 409 g/mol. The van der Waals surface area contributed by atoms with E-state index in [4.69, 9.17) is 16.0 Å². The minimum absolute atomic E-state index is 0.117. The molecule has 1 aliphatic rings. The fourth-order valence-corrected chi connectivity index (χ4v) is 4.81. The highest BCUT2D eigenvalue weighted by Gasteiger charge is 2.40. The van der Waals surface area contributed by atoms with Crippen LogP contribution in [-0.2, 0) is 16.2 Å². The Balaban J connectivity index is 1.74. The number of nitrogens with zero attached hydrogens (tertiary/aromatic N) is 3. The Hall–Kier alpha value is -1.65. The van der Waals surface area contributed by atoms with Gasteiger partial charge in [-0.2, -0.15) is 17.5 Å². The summed E-state index contributed by atoms with van der Waals surface area (Å²) < 4.78 is 69.3. The number of alkyl halides is 3. The summed E-state index contributed by atoms with van der Waals surface area (Å²) in [6, 6.07) is 4.65. The molecule has 1 aromatic heterocycles. The third kappa shape index (κ3) is 3.58. The predicted molar refractivity (Wildman–Crippen MR) is 86.2 cm³/mol. The van der Waals surface area contributed by atoms with Crippen LogP contribution in [0.25, 0.3) is 0 Å². The Morgan fingerprint density at radius 2 is 1.88 bits per heavy atom. The van der Waals surface area contributed by atoms with Crippen LogP contribution >= 0.6 is 11.6 Å². The second-order valence-corrected chi connectivity index (χ2v) is 8.30. The first-order valence-corrected chi connectivity index (χ1v) is 9.58. The molecule has 1 aromatic carbocycles. The van der Waals surface area contributed by atoms with Gasteiger partial charge in [0.1, 0.15) is 0 Å². The number of rotatable bonds is 3. The van der Waals surface area contributed by atoms with Crippen molar-refractivity contribution in [2.24, 2.45) is 0 Å². The lowest BCUT2D eigenvalue weighted by molar-refractivity contribution is -0.157. The van der Waals surface area contributed by atoms with Crippen molar-refractivity contribution >= 4 is 21.6 Å². The highest BCUT2D eigenvalue weighted by atomic mass is 35.5. The normalized spacial score (nSPS) is 17.6. The second-order valence-electron chi connectivity index (χ2n) is 5.98. The Morgan fingerprint density at radius 3 is 2.46 bits per heavy atom. The molecule has 0 aliphatic carbocycles. The van der Waals surface area contributed by atoms with Crippen molar-refractivity contribution in [3.8, 4) is 0 Å². The zero-order valence-electron chi connectivity index (χ0n) is 13.6. The summed E-state index contributed by atoms with van der Waals surface area (Å²) in [4.78, 5) is 0.126. The maximum atomic E-state index is 12.8. The van der Waals surface area contributed by atoms with E-state index >= 15 is 0 Å². The summed E-state index contributed by atoms with van der Waals surface area (Å²) in [7, 11) is -3.74. The van der Waals surface area contributed by atoms with Crippen LogP contribution in [0, 0.1) is 6.92 Å². The maximum Gasteiger partial charge on any atom is 0.470 e. The molecule has 2 heterocycles. The highest BCUT2D eigenvalue weighted by Crippen LogP contribution is 2.34. The fourth-order valence-electron chi connectivity index (χ4n) is 2.86. The lowest BCUT2D eigenvalue weighted by Crippen LogP contribution is -2.38. The van der Waals surface area contributed by atoms with E-state index in [9.17, 15) is 21.6 Å². The van der Waals surface area contributed by atoms with Gasteiger partial charge in [-0.25, -0.2) is 8.42 Å². The average molecular weight is 410 g/mol. The van der Waals surface area contributed by atoms with Gasteiger partial charge in [0.15, 0.2) is 0 Å². The van der Waals surface area contributed by atoms with Crippen LogP contribution in [0.2, 0.25) is 5.02 Å². The summed E-state index contributed by atoms with van der Waals surface area (Å²) in [5, 5.41) is 6.82. The Morgan fingerprint density at radius 1 is 1.23 bits per heavy atom. The first-order chi connectivity index (χ1) is 12.1. The number of aromatic nitrogens is 2. The molecule has 142 valence electrons. The van der Waals surface area contributed by atoms with Crippen molar-refractivity contribution in [2.75, 3.05) is 13.1 Å². The molecule has 0 atom stereocenters. The van der Waals surface area contributed by atoms with Crippen molar-refractivity contribution < 1.29 is 26.0 Å². The number of sulfonamides is 1. The van der Waals surface area contributed by atoms with Crippen molar-refractivity contribution in [1.29, 1.82) is 0 Å². The lowest BCUT2D eigenvalue weighted by Gasteiger charge is -2.30. The topological polar surface area (TPSA) is 76.3 Å². The van der Waals surface area contributed by atoms with Crippen molar-refractivity contribution in [1.82, 2.24) is 14.5 Å². The summed E-state index contributed by atoms with van der Waals surface area (Å²) in [6.45, 7) is 1.91. The van der Waals surface area contributed by atoms with Crippen molar-refractivity contribution in [3.63, 3.8) is 0 Å². The Bertz CT molecular complexity index is 906. The second kappa shape index (κ2) is 6.82. The molecule has 0 radical (unpaired) electrons. The molecule has 2 aromatic rings. The quantitative estimate of drug-likeness (QED) is 0.773. The molecular weight excluding hydrogens is 395 g/mol. The van der Waals surface area contributed by atoms with Crippen molar-refractivity contribution in [3.05, 3.63) is 40.6 Å². The van der Waals surface area contributed by atoms with E-state index in [0.29, 0.717) is 23.4 Å². The molecule has 0 bridgehead atoms. The van der Waals surface area contributed by atoms with Gasteiger partial charge in [-0.3, -0.25) is 0 Å². The molecule has 1 fully saturated rings. The van der Waals surface area contributed by atoms with Crippen LogP contribution in [0.15, 0.2) is 27.5 Å². The molecule has 1 aliphatic heterocycles. The summed E-state index contributed by atoms with van der Waals surface area (Å²) in [5.74, 6) is -1.92. The zero-order chi connectivity index (χ0) is 19.1. The van der Waals surface area contributed by atoms with E-state index in [1.54, 1.807) is 19.1 Å². The van der Waals surface area contributed by atoms with Crippen LogP contribution in [0.3, 0.4) is 0 Å². The number of benzene rings is 1. The summed E-state index contributed by atoms with van der Waals surface area (Å²) >= 11 is 6.00. The van der Waals surface area contributed by atoms with Gasteiger partial charge in [0.05, 0.1) is 4.90 Å². The standard InChI is InChI=1S/C15H15ClF3N3O3S/c1-9-11(16)3-2-4-12(9)26(23,24)22-7-5-10(6-8-22)13-20-21-14(25-13)15(17,18)19/h2-4,10H,5-8H2,1H3. The van der Waals surface area contributed by atoms with Crippen molar-refractivity contribution in [2.45, 2.75) is 36.8 Å². The number of halogens is 4. The minimum Gasteiger partial charge on any atom is -0.417 e. The maximum absolute atomic E-state index is 12.8. The van der Waals surface area contributed by atoms with E-state index in [0.717, 1.165) is 0 Å². The first-order valence-electron chi connectivity index (χ1n) is 7.76. The van der Waals surface area contributed by atoms with E-state index in [1.807, 2.05) is 0 Å². The molecule has 1 saturated heterocycles. The van der Waals surface area contributed by atoms with Gasteiger partial charge < -0.3 is 4.42 Å². The molecular formula is C15H15ClF3N3O3S. The minimum atomic E-state index is -4.70. The number of piperidine rings is 1. The van der Waals surface area contributed by atoms with Gasteiger partial charge in [0, 0.05) is 24.0 Å². The molecule has 3 rings (SSSR count). The lowest BCUT2D eigenvalue weighted by atomic mass is 9.98. The molecule has 0 amide bonds. The Labute approximate surface area is 153 Å². The fraction of sp³-hybridized carbons (Fsp3) is 0.467. The molecule has 0 saturated carbocycles. The van der Waals surface area contributed by atoms with Gasteiger partial charge in [0.2, 0.25) is 15.9 Å². The van der Waals surface area contributed by atoms with Gasteiger partial charge in [-0.05, 0) is 37.5 Å². The molecule has 0 unspecified atom stereocenters. The van der Waals surface area contributed by atoms with Crippen LogP contribution in [0.4, 0.5) is 13.2 Å². The Kier molecular flexibility index (Phi) is 5.02.